The molecule has 0 radical (unpaired) electrons. The molecule has 1 saturated carbocycles. The molecule has 38 heavy (non-hydrogen) atoms. The molecule has 5 nitrogen and oxygen atoms in total. The second-order valence-electron chi connectivity index (χ2n) is 11.0. The largest absolute Gasteiger partial charge is 0.494 e. The molecule has 2 atom stereocenters. The van der Waals surface area contributed by atoms with Crippen molar-refractivity contribution in [1.29, 1.82) is 0 Å². The number of benzene rings is 3. The van der Waals surface area contributed by atoms with Crippen LogP contribution in [0.5, 0.6) is 5.75 Å². The Hall–Kier alpha value is -3.44. The first-order valence-corrected chi connectivity index (χ1v) is 13.8. The molecule has 1 aliphatic carbocycles. The Bertz CT molecular complexity index is 1180. The average molecular weight is 511 g/mol. The third-order valence-electron chi connectivity index (χ3n) is 8.36. The van der Waals surface area contributed by atoms with Crippen LogP contribution in [0, 0.1) is 11.8 Å². The standard InChI is InChI=1S/C33H38N2O3/c1-34(2)20-9-21-38-28-16-14-25(15-17-28)22-32(37)35-23-29-30(24-35)33(19-18-31(29)36,26-10-5-3-6-11-26)27-12-7-4-8-13-27/h3-8,10-17,29-30H,9,18-24H2,1-2H3. The Morgan fingerprint density at radius 2 is 1.55 bits per heavy atom. The molecule has 0 aromatic heterocycles. The van der Waals surface area contributed by atoms with Gasteiger partial charge in [0.1, 0.15) is 11.5 Å². The minimum Gasteiger partial charge on any atom is -0.494 e. The third kappa shape index (κ3) is 5.39. The Balaban J connectivity index is 1.32. The quantitative estimate of drug-likeness (QED) is 0.381. The number of likely N-dealkylation sites (tertiary alicyclic amines) is 1. The lowest BCUT2D eigenvalue weighted by atomic mass is 9.56. The van der Waals surface area contributed by atoms with Crippen molar-refractivity contribution in [2.75, 3.05) is 40.3 Å². The predicted octanol–water partition coefficient (Wildman–Crippen LogP) is 4.98. The first-order chi connectivity index (χ1) is 18.5. The summed E-state index contributed by atoms with van der Waals surface area (Å²) in [6.07, 6.45) is 2.62. The van der Waals surface area contributed by atoms with Gasteiger partial charge in [-0.25, -0.2) is 0 Å². The van der Waals surface area contributed by atoms with Gasteiger partial charge in [-0.1, -0.05) is 72.8 Å². The second kappa shape index (κ2) is 11.5. The highest BCUT2D eigenvalue weighted by Crippen LogP contribution is 2.52. The van der Waals surface area contributed by atoms with Gasteiger partial charge in [-0.05, 0) is 55.8 Å². The molecule has 3 aromatic carbocycles. The maximum atomic E-state index is 13.5. The smallest absolute Gasteiger partial charge is 0.227 e. The van der Waals surface area contributed by atoms with Crippen molar-refractivity contribution in [1.82, 2.24) is 9.80 Å². The van der Waals surface area contributed by atoms with Gasteiger partial charge in [-0.15, -0.1) is 0 Å². The number of amides is 1. The van der Waals surface area contributed by atoms with Crippen molar-refractivity contribution in [2.45, 2.75) is 31.1 Å². The van der Waals surface area contributed by atoms with E-state index in [0.29, 0.717) is 38.3 Å². The van der Waals surface area contributed by atoms with E-state index in [2.05, 4.69) is 67.5 Å². The van der Waals surface area contributed by atoms with E-state index in [4.69, 9.17) is 4.74 Å². The predicted molar refractivity (Wildman–Crippen MR) is 150 cm³/mol. The first-order valence-electron chi connectivity index (χ1n) is 13.8. The molecule has 5 heteroatoms. The molecule has 2 fully saturated rings. The van der Waals surface area contributed by atoms with E-state index >= 15 is 0 Å². The fourth-order valence-electron chi connectivity index (χ4n) is 6.44. The Kier molecular flexibility index (Phi) is 7.94. The fourth-order valence-corrected chi connectivity index (χ4v) is 6.44. The number of hydrogen-bond donors (Lipinski definition) is 0. The molecule has 1 heterocycles. The Morgan fingerprint density at radius 3 is 2.16 bits per heavy atom. The molecular weight excluding hydrogens is 472 g/mol. The molecule has 0 N–H and O–H groups in total. The van der Waals surface area contributed by atoms with E-state index in [1.54, 1.807) is 0 Å². The summed E-state index contributed by atoms with van der Waals surface area (Å²) in [5.41, 5.74) is 3.17. The lowest BCUT2D eigenvalue weighted by molar-refractivity contribution is -0.129. The van der Waals surface area contributed by atoms with Crippen LogP contribution in [0.15, 0.2) is 84.9 Å². The zero-order valence-corrected chi connectivity index (χ0v) is 22.5. The monoisotopic (exact) mass is 510 g/mol. The SMILES string of the molecule is CN(C)CCCOc1ccc(CC(=O)N2CC3C(=O)CCC(c4ccccc4)(c4ccccc4)C3C2)cc1. The van der Waals surface area contributed by atoms with Gasteiger partial charge in [-0.2, -0.15) is 0 Å². The van der Waals surface area contributed by atoms with Crippen LogP contribution < -0.4 is 4.74 Å². The highest BCUT2D eigenvalue weighted by atomic mass is 16.5. The lowest BCUT2D eigenvalue weighted by Crippen LogP contribution is -2.47. The van der Waals surface area contributed by atoms with Gasteiger partial charge >= 0.3 is 0 Å². The number of fused-ring (bicyclic) bond motifs is 1. The topological polar surface area (TPSA) is 49.9 Å². The molecule has 3 aromatic rings. The summed E-state index contributed by atoms with van der Waals surface area (Å²) in [5, 5.41) is 0. The van der Waals surface area contributed by atoms with Crippen LogP contribution >= 0.6 is 0 Å². The minimum atomic E-state index is -0.276. The van der Waals surface area contributed by atoms with Gasteiger partial charge in [0.15, 0.2) is 0 Å². The highest BCUT2D eigenvalue weighted by molar-refractivity contribution is 5.86. The number of ketones is 1. The maximum absolute atomic E-state index is 13.5. The summed E-state index contributed by atoms with van der Waals surface area (Å²) in [4.78, 5) is 30.7. The van der Waals surface area contributed by atoms with Gasteiger partial charge < -0.3 is 14.5 Å². The van der Waals surface area contributed by atoms with Crippen LogP contribution in [-0.4, -0.2) is 61.8 Å². The van der Waals surface area contributed by atoms with Crippen molar-refractivity contribution in [3.63, 3.8) is 0 Å². The van der Waals surface area contributed by atoms with Gasteiger partial charge in [-0.3, -0.25) is 9.59 Å². The summed E-state index contributed by atoms with van der Waals surface area (Å²) in [5.74, 6) is 1.14. The zero-order chi connectivity index (χ0) is 26.5. The van der Waals surface area contributed by atoms with Crippen molar-refractivity contribution in [3.8, 4) is 5.75 Å². The molecule has 0 bridgehead atoms. The second-order valence-corrected chi connectivity index (χ2v) is 11.0. The average Bonchev–Trinajstić information content (AvgIpc) is 3.41. The summed E-state index contributed by atoms with van der Waals surface area (Å²) in [7, 11) is 4.11. The highest BCUT2D eigenvalue weighted by Gasteiger charge is 2.55. The van der Waals surface area contributed by atoms with E-state index in [1.807, 2.05) is 41.3 Å². The summed E-state index contributed by atoms with van der Waals surface area (Å²) in [6.45, 7) is 2.78. The van der Waals surface area contributed by atoms with Crippen molar-refractivity contribution >= 4 is 11.7 Å². The van der Waals surface area contributed by atoms with Crippen LogP contribution in [0.1, 0.15) is 36.0 Å². The van der Waals surface area contributed by atoms with E-state index in [1.165, 1.54) is 11.1 Å². The molecule has 2 aliphatic rings. The van der Waals surface area contributed by atoms with E-state index in [9.17, 15) is 9.59 Å². The zero-order valence-electron chi connectivity index (χ0n) is 22.5. The fraction of sp³-hybridized carbons (Fsp3) is 0.394. The van der Waals surface area contributed by atoms with Crippen molar-refractivity contribution in [3.05, 3.63) is 102 Å². The number of hydrogen-bond acceptors (Lipinski definition) is 4. The number of carbonyl (C=O) groups excluding carboxylic acids is 2. The Morgan fingerprint density at radius 1 is 0.921 bits per heavy atom. The first kappa shape index (κ1) is 26.2. The van der Waals surface area contributed by atoms with Gasteiger partial charge in [0.2, 0.25) is 5.91 Å². The van der Waals surface area contributed by atoms with Crippen LogP contribution in [0.4, 0.5) is 0 Å². The number of Topliss-reactive ketones (excluding diaryl/α,β-unsaturated/α-hetero) is 1. The van der Waals surface area contributed by atoms with E-state index in [-0.39, 0.29) is 23.2 Å². The Labute approximate surface area is 226 Å². The summed E-state index contributed by atoms with van der Waals surface area (Å²) < 4.78 is 5.84. The minimum absolute atomic E-state index is 0.0652. The summed E-state index contributed by atoms with van der Waals surface area (Å²) in [6, 6.07) is 29.0. The van der Waals surface area contributed by atoms with E-state index in [0.717, 1.165) is 30.7 Å². The van der Waals surface area contributed by atoms with Crippen LogP contribution in [-0.2, 0) is 21.4 Å². The van der Waals surface area contributed by atoms with Crippen LogP contribution in [0.2, 0.25) is 0 Å². The normalized spacial score (nSPS) is 20.4. The van der Waals surface area contributed by atoms with Gasteiger partial charge in [0.25, 0.3) is 0 Å². The number of rotatable bonds is 9. The molecule has 198 valence electrons. The van der Waals surface area contributed by atoms with Gasteiger partial charge in [0.05, 0.1) is 13.0 Å². The molecule has 1 amide bonds. The molecular formula is C33H38N2O3. The molecule has 1 aliphatic heterocycles. The lowest BCUT2D eigenvalue weighted by Gasteiger charge is -2.45. The number of nitrogens with zero attached hydrogens (tertiary/aromatic N) is 2. The van der Waals surface area contributed by atoms with Crippen molar-refractivity contribution < 1.29 is 14.3 Å². The third-order valence-corrected chi connectivity index (χ3v) is 8.36. The van der Waals surface area contributed by atoms with Crippen molar-refractivity contribution in [2.24, 2.45) is 11.8 Å². The maximum Gasteiger partial charge on any atom is 0.227 e. The van der Waals surface area contributed by atoms with Crippen LogP contribution in [0.3, 0.4) is 0 Å². The van der Waals surface area contributed by atoms with E-state index < -0.39 is 0 Å². The molecule has 0 spiro atoms. The summed E-state index contributed by atoms with van der Waals surface area (Å²) >= 11 is 0. The molecule has 1 saturated heterocycles. The molecule has 2 unspecified atom stereocenters. The van der Waals surface area contributed by atoms with Gasteiger partial charge in [0, 0.05) is 43.3 Å². The number of ether oxygens (including phenoxy) is 1. The van der Waals surface area contributed by atoms with Crippen LogP contribution in [0.25, 0.3) is 0 Å². The number of carbonyl (C=O) groups is 2. The molecule has 5 rings (SSSR count).